The van der Waals surface area contributed by atoms with Crippen LogP contribution in [0.5, 0.6) is 0 Å². The fourth-order valence-corrected chi connectivity index (χ4v) is 2.35. The lowest BCUT2D eigenvalue weighted by molar-refractivity contribution is 0.0874. The lowest BCUT2D eigenvalue weighted by atomic mass is 9.99. The van der Waals surface area contributed by atoms with Gasteiger partial charge in [0.1, 0.15) is 6.61 Å². The molecule has 5 heteroatoms. The van der Waals surface area contributed by atoms with Crippen molar-refractivity contribution in [2.75, 3.05) is 13.2 Å². The molecule has 1 aromatic rings. The monoisotopic (exact) mass is 249 g/mol. The first-order valence-corrected chi connectivity index (χ1v) is 6.34. The third-order valence-electron chi connectivity index (χ3n) is 3.17. The number of aromatic nitrogens is 2. The molecule has 5 nitrogen and oxygen atoms in total. The molecule has 0 bridgehead atoms. The van der Waals surface area contributed by atoms with Crippen molar-refractivity contribution in [3.63, 3.8) is 0 Å². The van der Waals surface area contributed by atoms with E-state index in [1.165, 1.54) is 0 Å². The van der Waals surface area contributed by atoms with Gasteiger partial charge >= 0.3 is 6.09 Å². The number of H-pyrrole nitrogens is 1. The molecule has 0 aromatic carbocycles. The highest BCUT2D eigenvalue weighted by Gasteiger charge is 2.32. The standard InChI is InChI=1S/C13H19N3O2/c1-3-5-11-12-10(14-9-15-12)6-7-16(11)13(17)18-8-4-2/h4,9,11H,2-3,5-8H2,1H3,(H,14,15). The molecule has 0 saturated carbocycles. The van der Waals surface area contributed by atoms with Gasteiger partial charge in [-0.3, -0.25) is 4.90 Å². The maximum Gasteiger partial charge on any atom is 0.410 e. The molecule has 1 amide bonds. The minimum atomic E-state index is -0.276. The van der Waals surface area contributed by atoms with Gasteiger partial charge in [0.15, 0.2) is 0 Å². The van der Waals surface area contributed by atoms with E-state index >= 15 is 0 Å². The Hall–Kier alpha value is -1.78. The molecule has 1 unspecified atom stereocenters. The third-order valence-corrected chi connectivity index (χ3v) is 3.17. The fourth-order valence-electron chi connectivity index (χ4n) is 2.35. The van der Waals surface area contributed by atoms with Crippen LogP contribution < -0.4 is 0 Å². The van der Waals surface area contributed by atoms with E-state index in [-0.39, 0.29) is 18.7 Å². The zero-order valence-corrected chi connectivity index (χ0v) is 10.7. The molecule has 1 aromatic heterocycles. The van der Waals surface area contributed by atoms with Crippen LogP contribution in [-0.2, 0) is 11.2 Å². The number of fused-ring (bicyclic) bond motifs is 1. The van der Waals surface area contributed by atoms with Crippen molar-refractivity contribution in [2.24, 2.45) is 0 Å². The molecule has 18 heavy (non-hydrogen) atoms. The van der Waals surface area contributed by atoms with Crippen LogP contribution in [0.25, 0.3) is 0 Å². The number of hydrogen-bond acceptors (Lipinski definition) is 3. The Morgan fingerprint density at radius 3 is 3.33 bits per heavy atom. The Balaban J connectivity index is 2.15. The van der Waals surface area contributed by atoms with E-state index < -0.39 is 0 Å². The van der Waals surface area contributed by atoms with Crippen LogP contribution in [0.3, 0.4) is 0 Å². The van der Waals surface area contributed by atoms with Crippen molar-refractivity contribution >= 4 is 6.09 Å². The predicted molar refractivity (Wildman–Crippen MR) is 68.2 cm³/mol. The lowest BCUT2D eigenvalue weighted by Gasteiger charge is -2.33. The molecule has 0 radical (unpaired) electrons. The summed E-state index contributed by atoms with van der Waals surface area (Å²) in [4.78, 5) is 21.3. The number of nitrogens with one attached hydrogen (secondary N) is 1. The number of imidazole rings is 1. The van der Waals surface area contributed by atoms with E-state index in [2.05, 4.69) is 23.5 Å². The summed E-state index contributed by atoms with van der Waals surface area (Å²) < 4.78 is 5.13. The Kier molecular flexibility index (Phi) is 4.02. The van der Waals surface area contributed by atoms with Gasteiger partial charge < -0.3 is 9.72 Å². The first-order chi connectivity index (χ1) is 8.77. The van der Waals surface area contributed by atoms with Gasteiger partial charge in [-0.15, -0.1) is 0 Å². The highest BCUT2D eigenvalue weighted by Crippen LogP contribution is 2.31. The molecule has 0 fully saturated rings. The molecular weight excluding hydrogens is 230 g/mol. The summed E-state index contributed by atoms with van der Waals surface area (Å²) in [5.41, 5.74) is 2.12. The van der Waals surface area contributed by atoms with Crippen LogP contribution in [-0.4, -0.2) is 34.1 Å². The molecule has 0 spiro atoms. The summed E-state index contributed by atoms with van der Waals surface area (Å²) in [5.74, 6) is 0. The molecule has 1 N–H and O–H groups in total. The van der Waals surface area contributed by atoms with Crippen LogP contribution in [0.4, 0.5) is 4.79 Å². The topological polar surface area (TPSA) is 58.2 Å². The average Bonchev–Trinajstić information content (AvgIpc) is 2.85. The minimum absolute atomic E-state index is 0.0299. The molecule has 1 aliphatic heterocycles. The summed E-state index contributed by atoms with van der Waals surface area (Å²) in [5, 5.41) is 0. The number of ether oxygens (including phenoxy) is 1. The van der Waals surface area contributed by atoms with Crippen LogP contribution in [0, 0.1) is 0 Å². The Bertz CT molecular complexity index is 428. The number of amides is 1. The van der Waals surface area contributed by atoms with Crippen molar-refractivity contribution in [2.45, 2.75) is 32.2 Å². The van der Waals surface area contributed by atoms with Crippen LogP contribution in [0.15, 0.2) is 19.0 Å². The SMILES string of the molecule is C=CCOC(=O)N1CCc2[nH]cnc2C1CCC. The van der Waals surface area contributed by atoms with Gasteiger partial charge in [0.2, 0.25) is 0 Å². The number of aromatic amines is 1. The second-order valence-corrected chi connectivity index (χ2v) is 4.38. The van der Waals surface area contributed by atoms with Crippen molar-refractivity contribution < 1.29 is 9.53 Å². The molecule has 0 aliphatic carbocycles. The first kappa shape index (κ1) is 12.7. The van der Waals surface area contributed by atoms with Gasteiger partial charge in [-0.05, 0) is 6.42 Å². The largest absolute Gasteiger partial charge is 0.445 e. The quantitative estimate of drug-likeness (QED) is 0.834. The van der Waals surface area contributed by atoms with Gasteiger partial charge in [-0.25, -0.2) is 9.78 Å². The number of nitrogens with zero attached hydrogens (tertiary/aromatic N) is 2. The summed E-state index contributed by atoms with van der Waals surface area (Å²) in [6.45, 7) is 6.58. The Morgan fingerprint density at radius 1 is 1.78 bits per heavy atom. The molecule has 2 rings (SSSR count). The summed E-state index contributed by atoms with van der Waals surface area (Å²) >= 11 is 0. The van der Waals surface area contributed by atoms with Gasteiger partial charge in [-0.1, -0.05) is 26.0 Å². The number of hydrogen-bond donors (Lipinski definition) is 1. The summed E-state index contributed by atoms with van der Waals surface area (Å²) in [7, 11) is 0. The first-order valence-electron chi connectivity index (χ1n) is 6.34. The molecule has 1 atom stereocenters. The van der Waals surface area contributed by atoms with E-state index in [4.69, 9.17) is 4.74 Å². The highest BCUT2D eigenvalue weighted by atomic mass is 16.6. The third kappa shape index (κ3) is 2.39. The van der Waals surface area contributed by atoms with Gasteiger partial charge in [0, 0.05) is 18.7 Å². The number of carbonyl (C=O) groups excluding carboxylic acids is 1. The molecule has 0 saturated heterocycles. The van der Waals surface area contributed by atoms with Crippen molar-refractivity contribution in [1.82, 2.24) is 14.9 Å². The normalized spacial score (nSPS) is 18.3. The van der Waals surface area contributed by atoms with E-state index in [9.17, 15) is 4.79 Å². The maximum atomic E-state index is 12.0. The van der Waals surface area contributed by atoms with E-state index in [0.29, 0.717) is 6.54 Å². The second kappa shape index (κ2) is 5.71. The molecular formula is C13H19N3O2. The van der Waals surface area contributed by atoms with E-state index in [0.717, 1.165) is 30.7 Å². The lowest BCUT2D eigenvalue weighted by Crippen LogP contribution is -2.40. The maximum absolute atomic E-state index is 12.0. The van der Waals surface area contributed by atoms with Gasteiger partial charge in [-0.2, -0.15) is 0 Å². The van der Waals surface area contributed by atoms with E-state index in [1.54, 1.807) is 17.3 Å². The molecule has 2 heterocycles. The summed E-state index contributed by atoms with van der Waals surface area (Å²) in [6, 6.07) is 0.0299. The average molecular weight is 249 g/mol. The van der Waals surface area contributed by atoms with Crippen LogP contribution in [0.2, 0.25) is 0 Å². The Labute approximate surface area is 107 Å². The van der Waals surface area contributed by atoms with E-state index in [1.807, 2.05) is 0 Å². The van der Waals surface area contributed by atoms with Crippen LogP contribution >= 0.6 is 0 Å². The van der Waals surface area contributed by atoms with Crippen molar-refractivity contribution in [1.29, 1.82) is 0 Å². The highest BCUT2D eigenvalue weighted by molar-refractivity contribution is 5.68. The number of rotatable bonds is 4. The van der Waals surface area contributed by atoms with Crippen molar-refractivity contribution in [3.05, 3.63) is 30.4 Å². The summed E-state index contributed by atoms with van der Waals surface area (Å²) in [6.07, 6.45) is 5.71. The minimum Gasteiger partial charge on any atom is -0.445 e. The smallest absolute Gasteiger partial charge is 0.410 e. The molecule has 1 aliphatic rings. The zero-order valence-electron chi connectivity index (χ0n) is 10.7. The molecule has 98 valence electrons. The predicted octanol–water partition coefficient (Wildman–Crippen LogP) is 2.43. The Morgan fingerprint density at radius 2 is 2.61 bits per heavy atom. The van der Waals surface area contributed by atoms with Gasteiger partial charge in [0.25, 0.3) is 0 Å². The van der Waals surface area contributed by atoms with Crippen LogP contribution in [0.1, 0.15) is 37.2 Å². The fraction of sp³-hybridized carbons (Fsp3) is 0.538. The van der Waals surface area contributed by atoms with Crippen molar-refractivity contribution in [3.8, 4) is 0 Å². The number of carbonyl (C=O) groups is 1. The zero-order chi connectivity index (χ0) is 13.0. The van der Waals surface area contributed by atoms with Gasteiger partial charge in [0.05, 0.1) is 18.1 Å². The second-order valence-electron chi connectivity index (χ2n) is 4.38.